The van der Waals surface area contributed by atoms with Crippen molar-refractivity contribution in [1.82, 2.24) is 15.2 Å². The molecule has 0 saturated heterocycles. The first-order chi connectivity index (χ1) is 8.39. The molecule has 0 aromatic carbocycles. The van der Waals surface area contributed by atoms with Crippen LogP contribution in [0.25, 0.3) is 0 Å². The van der Waals surface area contributed by atoms with E-state index in [4.69, 9.17) is 5.84 Å². The third-order valence-electron chi connectivity index (χ3n) is 2.52. The van der Waals surface area contributed by atoms with Gasteiger partial charge in [-0.15, -0.1) is 0 Å². The summed E-state index contributed by atoms with van der Waals surface area (Å²) in [7, 11) is 0. The van der Waals surface area contributed by atoms with Crippen LogP contribution in [-0.2, 0) is 6.54 Å². The Balaban J connectivity index is 2.84. The van der Waals surface area contributed by atoms with Gasteiger partial charge in [-0.3, -0.25) is 16.0 Å². The predicted octanol–water partition coefficient (Wildman–Crippen LogP) is 2.90. The van der Waals surface area contributed by atoms with Crippen molar-refractivity contribution in [3.63, 3.8) is 0 Å². The highest BCUT2D eigenvalue weighted by atomic mass is 79.9. The lowest BCUT2D eigenvalue weighted by molar-refractivity contribution is -0.136. The number of nitrogens with two attached hydrogens (primary N) is 1. The summed E-state index contributed by atoms with van der Waals surface area (Å²) in [4.78, 5) is 0. The van der Waals surface area contributed by atoms with Gasteiger partial charge in [-0.25, -0.2) is 0 Å². The van der Waals surface area contributed by atoms with E-state index in [0.29, 0.717) is 16.7 Å². The highest BCUT2D eigenvalue weighted by molar-refractivity contribution is 9.10. The molecule has 8 heteroatoms. The van der Waals surface area contributed by atoms with Crippen LogP contribution in [0.2, 0.25) is 0 Å². The first kappa shape index (κ1) is 15.5. The molecule has 0 amide bonds. The minimum Gasteiger partial charge on any atom is -0.271 e. The Hall–Kier alpha value is -0.600. The number of nitrogens with zero attached hydrogens (tertiary/aromatic N) is 2. The largest absolute Gasteiger partial charge is 0.389 e. The molecule has 0 aliphatic heterocycles. The van der Waals surface area contributed by atoms with E-state index in [1.54, 1.807) is 10.9 Å². The lowest BCUT2D eigenvalue weighted by Crippen LogP contribution is -2.31. The number of halogens is 4. The number of hydrogen-bond acceptors (Lipinski definition) is 3. The second-order valence-corrected chi connectivity index (χ2v) is 4.83. The summed E-state index contributed by atoms with van der Waals surface area (Å²) < 4.78 is 39.1. The topological polar surface area (TPSA) is 55.9 Å². The second kappa shape index (κ2) is 6.53. The van der Waals surface area contributed by atoms with Crippen LogP contribution >= 0.6 is 15.9 Å². The third-order valence-corrected chi connectivity index (χ3v) is 3.13. The average molecular weight is 329 g/mol. The summed E-state index contributed by atoms with van der Waals surface area (Å²) in [6, 6.07) is -0.574. The molecule has 1 aromatic rings. The van der Waals surface area contributed by atoms with E-state index in [9.17, 15) is 13.2 Å². The molecule has 0 spiro atoms. The Bertz CT molecular complexity index is 378. The normalized spacial score (nSPS) is 13.9. The Morgan fingerprint density at radius 3 is 2.72 bits per heavy atom. The van der Waals surface area contributed by atoms with Gasteiger partial charge in [0.2, 0.25) is 0 Å². The maximum atomic E-state index is 12.2. The Morgan fingerprint density at radius 2 is 2.22 bits per heavy atom. The van der Waals surface area contributed by atoms with Crippen molar-refractivity contribution in [2.75, 3.05) is 0 Å². The minimum atomic E-state index is -4.18. The summed E-state index contributed by atoms with van der Waals surface area (Å²) in [5.74, 6) is 5.35. The molecule has 1 unspecified atom stereocenters. The monoisotopic (exact) mass is 328 g/mol. The zero-order valence-electron chi connectivity index (χ0n) is 9.97. The number of hydrogen-bond donors (Lipinski definition) is 2. The van der Waals surface area contributed by atoms with Crippen molar-refractivity contribution in [3.05, 3.63) is 16.4 Å². The summed E-state index contributed by atoms with van der Waals surface area (Å²) in [5, 5.41) is 4.11. The molecule has 0 aliphatic rings. The van der Waals surface area contributed by atoms with Gasteiger partial charge in [-0.2, -0.15) is 18.3 Å². The molecule has 0 fully saturated rings. The highest BCUT2D eigenvalue weighted by Gasteiger charge is 2.30. The fraction of sp³-hybridized carbons (Fsp3) is 0.700. The van der Waals surface area contributed by atoms with Gasteiger partial charge in [0.1, 0.15) is 0 Å². The third kappa shape index (κ3) is 4.25. The van der Waals surface area contributed by atoms with E-state index in [1.807, 2.05) is 6.92 Å². The van der Waals surface area contributed by atoms with Gasteiger partial charge in [0.15, 0.2) is 0 Å². The quantitative estimate of drug-likeness (QED) is 0.623. The van der Waals surface area contributed by atoms with E-state index in [0.717, 1.165) is 6.42 Å². The van der Waals surface area contributed by atoms with Crippen molar-refractivity contribution in [1.29, 1.82) is 0 Å². The van der Waals surface area contributed by atoms with E-state index >= 15 is 0 Å². The SMILES string of the molecule is CCCn1ncc(Br)c1C(CCC(F)(F)F)NN. The van der Waals surface area contributed by atoms with Crippen LogP contribution in [0.15, 0.2) is 10.7 Å². The lowest BCUT2D eigenvalue weighted by Gasteiger charge is -2.19. The van der Waals surface area contributed by atoms with Crippen LogP contribution < -0.4 is 11.3 Å². The molecule has 104 valence electrons. The molecule has 0 radical (unpaired) electrons. The van der Waals surface area contributed by atoms with Crippen LogP contribution in [-0.4, -0.2) is 16.0 Å². The van der Waals surface area contributed by atoms with Gasteiger partial charge in [-0.1, -0.05) is 6.92 Å². The van der Waals surface area contributed by atoms with Crippen LogP contribution in [0, 0.1) is 0 Å². The molecule has 1 rings (SSSR count). The molecule has 1 heterocycles. The van der Waals surface area contributed by atoms with E-state index in [2.05, 4.69) is 26.5 Å². The van der Waals surface area contributed by atoms with Gasteiger partial charge in [0.05, 0.1) is 22.4 Å². The fourth-order valence-electron chi connectivity index (χ4n) is 1.72. The molecule has 1 aromatic heterocycles. The standard InChI is InChI=1S/C10H16BrF3N4/c1-2-5-18-9(7(11)6-16-18)8(17-15)3-4-10(12,13)14/h6,8,17H,2-5,15H2,1H3. The number of hydrazine groups is 1. The Labute approximate surface area is 112 Å². The van der Waals surface area contributed by atoms with Crippen LogP contribution in [0.3, 0.4) is 0 Å². The van der Waals surface area contributed by atoms with E-state index in [1.165, 1.54) is 0 Å². The van der Waals surface area contributed by atoms with Crippen molar-refractivity contribution in [2.45, 2.75) is 44.9 Å². The first-order valence-electron chi connectivity index (χ1n) is 5.63. The van der Waals surface area contributed by atoms with Gasteiger partial charge >= 0.3 is 6.18 Å². The van der Waals surface area contributed by atoms with Crippen LogP contribution in [0.4, 0.5) is 13.2 Å². The molecule has 0 bridgehead atoms. The van der Waals surface area contributed by atoms with Gasteiger partial charge in [0, 0.05) is 13.0 Å². The van der Waals surface area contributed by atoms with Crippen molar-refractivity contribution < 1.29 is 13.2 Å². The highest BCUT2D eigenvalue weighted by Crippen LogP contribution is 2.30. The molecule has 0 aliphatic carbocycles. The van der Waals surface area contributed by atoms with Crippen LogP contribution in [0.1, 0.15) is 37.9 Å². The number of nitrogens with one attached hydrogen (secondary N) is 1. The zero-order chi connectivity index (χ0) is 13.8. The van der Waals surface area contributed by atoms with E-state index in [-0.39, 0.29) is 6.42 Å². The smallest absolute Gasteiger partial charge is 0.271 e. The maximum Gasteiger partial charge on any atom is 0.389 e. The molecule has 3 N–H and O–H groups in total. The zero-order valence-corrected chi connectivity index (χ0v) is 11.6. The summed E-state index contributed by atoms with van der Waals surface area (Å²) in [5.41, 5.74) is 3.08. The predicted molar refractivity (Wildman–Crippen MR) is 65.6 cm³/mol. The number of aromatic nitrogens is 2. The Kier molecular flexibility index (Phi) is 5.61. The maximum absolute atomic E-state index is 12.2. The van der Waals surface area contributed by atoms with Crippen molar-refractivity contribution >= 4 is 15.9 Å². The van der Waals surface area contributed by atoms with Gasteiger partial charge in [-0.05, 0) is 28.8 Å². The summed E-state index contributed by atoms with van der Waals surface area (Å²) >= 11 is 3.29. The second-order valence-electron chi connectivity index (χ2n) is 3.97. The van der Waals surface area contributed by atoms with Crippen molar-refractivity contribution in [2.24, 2.45) is 5.84 Å². The van der Waals surface area contributed by atoms with Crippen LogP contribution in [0.5, 0.6) is 0 Å². The van der Waals surface area contributed by atoms with E-state index < -0.39 is 18.6 Å². The molecular weight excluding hydrogens is 313 g/mol. The average Bonchev–Trinajstić information content (AvgIpc) is 2.62. The summed E-state index contributed by atoms with van der Waals surface area (Å²) in [6.45, 7) is 2.62. The molecule has 18 heavy (non-hydrogen) atoms. The molecule has 0 saturated carbocycles. The Morgan fingerprint density at radius 1 is 1.56 bits per heavy atom. The molecule has 1 atom stereocenters. The van der Waals surface area contributed by atoms with Crippen molar-refractivity contribution in [3.8, 4) is 0 Å². The molecular formula is C10H16BrF3N4. The van der Waals surface area contributed by atoms with Gasteiger partial charge in [0.25, 0.3) is 0 Å². The minimum absolute atomic E-state index is 0.117. The number of aryl methyl sites for hydroxylation is 1. The lowest BCUT2D eigenvalue weighted by atomic mass is 10.1. The number of rotatable bonds is 6. The van der Waals surface area contributed by atoms with Gasteiger partial charge < -0.3 is 0 Å². The fourth-order valence-corrected chi connectivity index (χ4v) is 2.29. The number of alkyl halides is 3. The first-order valence-corrected chi connectivity index (χ1v) is 6.42. The summed E-state index contributed by atoms with van der Waals surface area (Å²) in [6.07, 6.45) is -2.77. The molecule has 4 nitrogen and oxygen atoms in total.